The Morgan fingerprint density at radius 2 is 1.60 bits per heavy atom. The molecule has 0 amide bonds. The molecule has 0 saturated heterocycles. The standard InChI is InChI=1S/C24H26N/c1-6-17-10-9-11-18-22(17)23-19(24(18,3)4)14-13-16(2)21(23)20-12-7-8-15-25(20)5/h7-15H,6H2,1-5H3/q+1. The van der Waals surface area contributed by atoms with E-state index in [1.54, 1.807) is 0 Å². The highest BCUT2D eigenvalue weighted by molar-refractivity contribution is 5.93. The largest absolute Gasteiger partial charge is 0.213 e. The van der Waals surface area contributed by atoms with E-state index < -0.39 is 0 Å². The molecule has 0 bridgehead atoms. The van der Waals surface area contributed by atoms with Crippen molar-refractivity contribution in [3.05, 3.63) is 77.0 Å². The molecule has 25 heavy (non-hydrogen) atoms. The van der Waals surface area contributed by atoms with Crippen molar-refractivity contribution in [2.45, 2.75) is 39.5 Å². The van der Waals surface area contributed by atoms with Crippen LogP contribution in [0.25, 0.3) is 22.4 Å². The highest BCUT2D eigenvalue weighted by atomic mass is 14.9. The molecule has 0 aliphatic heterocycles. The summed E-state index contributed by atoms with van der Waals surface area (Å²) in [7, 11) is 2.14. The highest BCUT2D eigenvalue weighted by Crippen LogP contribution is 2.53. The van der Waals surface area contributed by atoms with Crippen LogP contribution >= 0.6 is 0 Å². The normalized spacial score (nSPS) is 14.3. The number of pyridine rings is 1. The van der Waals surface area contributed by atoms with Crippen LogP contribution in [0.3, 0.4) is 0 Å². The fraction of sp³-hybridized carbons (Fsp3) is 0.292. The maximum Gasteiger partial charge on any atom is 0.213 e. The van der Waals surface area contributed by atoms with Crippen LogP contribution in [0.1, 0.15) is 43.0 Å². The van der Waals surface area contributed by atoms with Gasteiger partial charge in [-0.2, -0.15) is 0 Å². The number of hydrogen-bond donors (Lipinski definition) is 0. The third kappa shape index (κ3) is 2.18. The molecule has 0 radical (unpaired) electrons. The minimum atomic E-state index is 0.0473. The van der Waals surface area contributed by atoms with Gasteiger partial charge in [-0.25, -0.2) is 4.57 Å². The third-order valence-electron chi connectivity index (χ3n) is 5.85. The van der Waals surface area contributed by atoms with E-state index in [2.05, 4.69) is 94.0 Å². The highest BCUT2D eigenvalue weighted by Gasteiger charge is 2.39. The Bertz CT molecular complexity index is 979. The predicted molar refractivity (Wildman–Crippen MR) is 105 cm³/mol. The number of benzene rings is 2. The first-order chi connectivity index (χ1) is 12.0. The first-order valence-electron chi connectivity index (χ1n) is 9.18. The lowest BCUT2D eigenvalue weighted by Crippen LogP contribution is -2.30. The Kier molecular flexibility index (Phi) is 3.57. The lowest BCUT2D eigenvalue weighted by atomic mass is 9.81. The third-order valence-corrected chi connectivity index (χ3v) is 5.85. The van der Waals surface area contributed by atoms with Crippen LogP contribution in [0.4, 0.5) is 0 Å². The molecule has 4 rings (SSSR count). The average molecular weight is 328 g/mol. The molecule has 0 saturated carbocycles. The summed E-state index contributed by atoms with van der Waals surface area (Å²) in [4.78, 5) is 0. The van der Waals surface area contributed by atoms with Crippen LogP contribution in [0.5, 0.6) is 0 Å². The van der Waals surface area contributed by atoms with Crippen LogP contribution in [-0.4, -0.2) is 0 Å². The number of hydrogen-bond acceptors (Lipinski definition) is 0. The van der Waals surface area contributed by atoms with Gasteiger partial charge >= 0.3 is 0 Å². The molecule has 1 aliphatic rings. The van der Waals surface area contributed by atoms with Crippen LogP contribution in [0.2, 0.25) is 0 Å². The zero-order valence-electron chi connectivity index (χ0n) is 15.9. The van der Waals surface area contributed by atoms with Gasteiger partial charge < -0.3 is 0 Å². The van der Waals surface area contributed by atoms with E-state index >= 15 is 0 Å². The van der Waals surface area contributed by atoms with Crippen LogP contribution in [-0.2, 0) is 18.9 Å². The first-order valence-corrected chi connectivity index (χ1v) is 9.18. The molecule has 1 nitrogen and oxygen atoms in total. The van der Waals surface area contributed by atoms with E-state index in [1.165, 1.54) is 44.6 Å². The summed E-state index contributed by atoms with van der Waals surface area (Å²) < 4.78 is 2.24. The molecule has 1 aromatic heterocycles. The monoisotopic (exact) mass is 328 g/mol. The van der Waals surface area contributed by atoms with Crippen LogP contribution in [0, 0.1) is 6.92 Å². The maximum absolute atomic E-state index is 2.36. The maximum atomic E-state index is 2.36. The number of fused-ring (bicyclic) bond motifs is 3. The van der Waals surface area contributed by atoms with Gasteiger partial charge in [-0.3, -0.25) is 0 Å². The molecule has 3 aromatic rings. The summed E-state index contributed by atoms with van der Waals surface area (Å²) in [6.45, 7) is 9.23. The molecule has 0 unspecified atom stereocenters. The van der Waals surface area contributed by atoms with E-state index in [1.807, 2.05) is 0 Å². The fourth-order valence-corrected chi connectivity index (χ4v) is 4.46. The number of nitrogens with zero attached hydrogens (tertiary/aromatic N) is 1. The summed E-state index contributed by atoms with van der Waals surface area (Å²) >= 11 is 0. The lowest BCUT2D eigenvalue weighted by molar-refractivity contribution is -0.660. The minimum absolute atomic E-state index is 0.0473. The van der Waals surface area contributed by atoms with E-state index in [9.17, 15) is 0 Å². The fourth-order valence-electron chi connectivity index (χ4n) is 4.46. The van der Waals surface area contributed by atoms with Gasteiger partial charge in [0.25, 0.3) is 0 Å². The van der Waals surface area contributed by atoms with E-state index in [0.29, 0.717) is 0 Å². The zero-order valence-corrected chi connectivity index (χ0v) is 15.9. The van der Waals surface area contributed by atoms with Gasteiger partial charge in [0.2, 0.25) is 5.69 Å². The van der Waals surface area contributed by atoms with Crippen molar-refractivity contribution in [3.8, 4) is 22.4 Å². The Hall–Kier alpha value is -2.41. The van der Waals surface area contributed by atoms with E-state index in [-0.39, 0.29) is 5.41 Å². The van der Waals surface area contributed by atoms with Crippen LogP contribution in [0.15, 0.2) is 54.7 Å². The summed E-state index contributed by atoms with van der Waals surface area (Å²) in [6.07, 6.45) is 3.20. The molecule has 2 aromatic carbocycles. The molecule has 1 aliphatic carbocycles. The topological polar surface area (TPSA) is 3.88 Å². The van der Waals surface area contributed by atoms with Gasteiger partial charge in [-0.1, -0.05) is 51.1 Å². The smallest absolute Gasteiger partial charge is 0.201 e. The second-order valence-electron chi connectivity index (χ2n) is 7.70. The number of aromatic nitrogens is 1. The molecular formula is C24H26N+. The van der Waals surface area contributed by atoms with Crippen molar-refractivity contribution in [1.82, 2.24) is 0 Å². The van der Waals surface area contributed by atoms with Gasteiger partial charge in [0.1, 0.15) is 7.05 Å². The second kappa shape index (κ2) is 5.56. The van der Waals surface area contributed by atoms with Crippen molar-refractivity contribution in [3.63, 3.8) is 0 Å². The van der Waals surface area contributed by atoms with Crippen molar-refractivity contribution >= 4 is 0 Å². The second-order valence-corrected chi connectivity index (χ2v) is 7.70. The molecule has 1 heterocycles. The van der Waals surface area contributed by atoms with E-state index in [4.69, 9.17) is 0 Å². The Morgan fingerprint density at radius 1 is 0.840 bits per heavy atom. The van der Waals surface area contributed by atoms with Gasteiger partial charge in [-0.05, 0) is 47.2 Å². The summed E-state index contributed by atoms with van der Waals surface area (Å²) in [5.74, 6) is 0. The van der Waals surface area contributed by atoms with E-state index in [0.717, 1.165) is 6.42 Å². The van der Waals surface area contributed by atoms with Crippen molar-refractivity contribution in [2.75, 3.05) is 0 Å². The van der Waals surface area contributed by atoms with Gasteiger partial charge in [0.15, 0.2) is 6.20 Å². The summed E-state index contributed by atoms with van der Waals surface area (Å²) in [5.41, 5.74) is 11.3. The molecule has 1 heteroatoms. The molecule has 126 valence electrons. The Morgan fingerprint density at radius 3 is 2.32 bits per heavy atom. The van der Waals surface area contributed by atoms with Gasteiger partial charge in [-0.15, -0.1) is 0 Å². The molecule has 0 atom stereocenters. The lowest BCUT2D eigenvalue weighted by Gasteiger charge is -2.22. The van der Waals surface area contributed by atoms with Gasteiger partial charge in [0, 0.05) is 23.1 Å². The SMILES string of the molecule is CCc1cccc2c1-c1c(ccc(C)c1-c1cccc[n+]1C)C2(C)C. The summed E-state index contributed by atoms with van der Waals surface area (Å²) in [6, 6.07) is 17.9. The average Bonchev–Trinajstić information content (AvgIpc) is 2.84. The number of aryl methyl sites for hydroxylation is 3. The predicted octanol–water partition coefficient (Wildman–Crippen LogP) is 5.36. The Labute approximate surface area is 151 Å². The molecular weight excluding hydrogens is 302 g/mol. The Balaban J connectivity index is 2.17. The quantitative estimate of drug-likeness (QED) is 0.558. The summed E-state index contributed by atoms with van der Waals surface area (Å²) in [5, 5.41) is 0. The molecule has 0 fully saturated rings. The van der Waals surface area contributed by atoms with Crippen molar-refractivity contribution in [1.29, 1.82) is 0 Å². The molecule has 0 N–H and O–H groups in total. The molecule has 0 spiro atoms. The minimum Gasteiger partial charge on any atom is -0.201 e. The zero-order chi connectivity index (χ0) is 17.8. The first kappa shape index (κ1) is 16.1. The van der Waals surface area contributed by atoms with Gasteiger partial charge in [0.05, 0.1) is 5.56 Å². The van der Waals surface area contributed by atoms with Crippen LogP contribution < -0.4 is 4.57 Å². The van der Waals surface area contributed by atoms with Crippen molar-refractivity contribution < 1.29 is 4.57 Å². The van der Waals surface area contributed by atoms with Crippen molar-refractivity contribution in [2.24, 2.45) is 7.05 Å². The number of rotatable bonds is 2.